The van der Waals surface area contributed by atoms with Crippen molar-refractivity contribution in [2.45, 2.75) is 0 Å². The highest BCUT2D eigenvalue weighted by molar-refractivity contribution is 5.80. The van der Waals surface area contributed by atoms with Gasteiger partial charge < -0.3 is 9.84 Å². The maximum Gasteiger partial charge on any atom is 0.155 e. The smallest absolute Gasteiger partial charge is 0.155 e. The van der Waals surface area contributed by atoms with Gasteiger partial charge in [0.25, 0.3) is 0 Å². The molecule has 0 saturated carbocycles. The Hall–Kier alpha value is -2.63. The first kappa shape index (κ1) is 12.4. The maximum absolute atomic E-state index is 13.8. The monoisotopic (exact) mass is 276 g/mol. The normalized spacial score (nSPS) is 10.9. The van der Waals surface area contributed by atoms with Gasteiger partial charge in [-0.15, -0.1) is 0 Å². The van der Waals surface area contributed by atoms with Gasteiger partial charge in [0.15, 0.2) is 11.6 Å². The van der Waals surface area contributed by atoms with Crippen molar-refractivity contribution in [2.75, 3.05) is 7.11 Å². The minimum absolute atomic E-state index is 0.335. The van der Waals surface area contributed by atoms with E-state index >= 15 is 0 Å². The highest BCUT2D eigenvalue weighted by Crippen LogP contribution is 2.26. The number of aromatic hydroxyl groups is 1. The molecule has 0 aliphatic carbocycles. The average molecular weight is 276 g/mol. The molecule has 2 aromatic carbocycles. The molecule has 20 heavy (non-hydrogen) atoms. The van der Waals surface area contributed by atoms with Gasteiger partial charge in [-0.3, -0.25) is 0 Å². The van der Waals surface area contributed by atoms with E-state index < -0.39 is 17.4 Å². The summed E-state index contributed by atoms with van der Waals surface area (Å²) in [6.07, 6.45) is 1.50. The highest BCUT2D eigenvalue weighted by atomic mass is 19.1. The average Bonchev–Trinajstić information content (AvgIpc) is 2.79. The summed E-state index contributed by atoms with van der Waals surface area (Å²) in [6, 6.07) is 6.80. The molecular formula is C14H10F2N2O2. The number of methoxy groups -OCH3 is 1. The van der Waals surface area contributed by atoms with Crippen LogP contribution in [0.25, 0.3) is 16.6 Å². The summed E-state index contributed by atoms with van der Waals surface area (Å²) >= 11 is 0. The van der Waals surface area contributed by atoms with Crippen LogP contribution >= 0.6 is 0 Å². The molecule has 6 heteroatoms. The second-order valence-electron chi connectivity index (χ2n) is 4.26. The molecule has 3 aromatic rings. The number of halogens is 2. The molecule has 0 amide bonds. The molecule has 0 unspecified atom stereocenters. The van der Waals surface area contributed by atoms with Crippen LogP contribution in [0.2, 0.25) is 0 Å². The number of hydrogen-bond donors (Lipinski definition) is 1. The Labute approximate surface area is 112 Å². The molecule has 0 bridgehead atoms. The predicted octanol–water partition coefficient (Wildman–Crippen LogP) is 3.02. The Morgan fingerprint density at radius 3 is 2.50 bits per heavy atom. The number of benzene rings is 2. The molecular weight excluding hydrogens is 266 g/mol. The quantitative estimate of drug-likeness (QED) is 0.782. The SMILES string of the molecule is COc1ccc2nn(-c3c(F)cc(O)cc3F)cc2c1. The van der Waals surface area contributed by atoms with Crippen molar-refractivity contribution in [1.82, 2.24) is 9.78 Å². The summed E-state index contributed by atoms with van der Waals surface area (Å²) in [7, 11) is 1.53. The van der Waals surface area contributed by atoms with Crippen LogP contribution in [0.1, 0.15) is 0 Å². The zero-order valence-electron chi connectivity index (χ0n) is 10.5. The summed E-state index contributed by atoms with van der Waals surface area (Å²) in [4.78, 5) is 0. The van der Waals surface area contributed by atoms with Crippen molar-refractivity contribution in [1.29, 1.82) is 0 Å². The molecule has 3 rings (SSSR count). The predicted molar refractivity (Wildman–Crippen MR) is 69.2 cm³/mol. The Bertz CT molecular complexity index is 776. The van der Waals surface area contributed by atoms with Gasteiger partial charge in [-0.25, -0.2) is 13.5 Å². The summed E-state index contributed by atoms with van der Waals surface area (Å²) < 4.78 is 33.8. The van der Waals surface area contributed by atoms with Crippen molar-refractivity contribution < 1.29 is 18.6 Å². The molecule has 102 valence electrons. The van der Waals surface area contributed by atoms with Gasteiger partial charge in [0.2, 0.25) is 0 Å². The van der Waals surface area contributed by atoms with Gasteiger partial charge in [-0.05, 0) is 18.2 Å². The van der Waals surface area contributed by atoms with Crippen molar-refractivity contribution in [3.05, 3.63) is 48.2 Å². The first-order valence-electron chi connectivity index (χ1n) is 5.80. The van der Waals surface area contributed by atoms with Crippen LogP contribution in [0, 0.1) is 11.6 Å². The fraction of sp³-hybridized carbons (Fsp3) is 0.0714. The number of ether oxygens (including phenoxy) is 1. The molecule has 4 nitrogen and oxygen atoms in total. The largest absolute Gasteiger partial charge is 0.508 e. The summed E-state index contributed by atoms with van der Waals surface area (Å²) in [6.45, 7) is 0. The van der Waals surface area contributed by atoms with E-state index in [2.05, 4.69) is 5.10 Å². The lowest BCUT2D eigenvalue weighted by molar-refractivity contribution is 0.415. The third-order valence-corrected chi connectivity index (χ3v) is 2.94. The van der Waals surface area contributed by atoms with E-state index in [9.17, 15) is 8.78 Å². The van der Waals surface area contributed by atoms with Gasteiger partial charge in [0.1, 0.15) is 17.2 Å². The zero-order chi connectivity index (χ0) is 14.3. The summed E-state index contributed by atoms with van der Waals surface area (Å²) in [5.74, 6) is -1.62. The lowest BCUT2D eigenvalue weighted by Gasteiger charge is -2.04. The molecule has 1 N–H and O–H groups in total. The molecule has 1 heterocycles. The van der Waals surface area contributed by atoms with Crippen molar-refractivity contribution in [3.8, 4) is 17.2 Å². The Kier molecular flexibility index (Phi) is 2.78. The number of nitrogens with zero attached hydrogens (tertiary/aromatic N) is 2. The molecule has 0 aliphatic rings. The van der Waals surface area contributed by atoms with Gasteiger partial charge in [-0.1, -0.05) is 0 Å². The third-order valence-electron chi connectivity index (χ3n) is 2.94. The first-order valence-corrected chi connectivity index (χ1v) is 5.80. The highest BCUT2D eigenvalue weighted by Gasteiger charge is 2.15. The van der Waals surface area contributed by atoms with Crippen LogP contribution in [0.3, 0.4) is 0 Å². The molecule has 0 fully saturated rings. The Morgan fingerprint density at radius 1 is 1.15 bits per heavy atom. The van der Waals surface area contributed by atoms with Crippen LogP contribution in [0.4, 0.5) is 8.78 Å². The van der Waals surface area contributed by atoms with Crippen LogP contribution in [-0.4, -0.2) is 22.0 Å². The number of phenols is 1. The van der Waals surface area contributed by atoms with Crippen LogP contribution < -0.4 is 4.74 Å². The van der Waals surface area contributed by atoms with Crippen molar-refractivity contribution in [3.63, 3.8) is 0 Å². The van der Waals surface area contributed by atoms with E-state index in [0.717, 1.165) is 16.8 Å². The van der Waals surface area contributed by atoms with E-state index in [1.165, 1.54) is 13.3 Å². The van der Waals surface area contributed by atoms with Crippen LogP contribution in [0.5, 0.6) is 11.5 Å². The molecule has 1 aromatic heterocycles. The van der Waals surface area contributed by atoms with Crippen LogP contribution in [-0.2, 0) is 0 Å². The summed E-state index contributed by atoms with van der Waals surface area (Å²) in [5.41, 5.74) is 0.246. The molecule has 0 radical (unpaired) electrons. The van der Waals surface area contributed by atoms with E-state index in [-0.39, 0.29) is 5.69 Å². The number of phenolic OH excluding ortho intramolecular Hbond substituents is 1. The number of hydrogen-bond acceptors (Lipinski definition) is 3. The van der Waals surface area contributed by atoms with Gasteiger partial charge in [-0.2, -0.15) is 5.10 Å². The van der Waals surface area contributed by atoms with Gasteiger partial charge in [0, 0.05) is 23.7 Å². The standard InChI is InChI=1S/C14H10F2N2O2/c1-20-10-2-3-13-8(4-10)7-18(17-13)14-11(15)5-9(19)6-12(14)16/h2-7,19H,1H3. The molecule has 0 aliphatic heterocycles. The van der Waals surface area contributed by atoms with Gasteiger partial charge in [0.05, 0.1) is 12.6 Å². The molecule has 0 spiro atoms. The number of rotatable bonds is 2. The van der Waals surface area contributed by atoms with E-state index in [0.29, 0.717) is 16.7 Å². The number of fused-ring (bicyclic) bond motifs is 1. The second kappa shape index (κ2) is 4.48. The molecule has 0 saturated heterocycles. The third kappa shape index (κ3) is 1.95. The van der Waals surface area contributed by atoms with Gasteiger partial charge >= 0.3 is 0 Å². The topological polar surface area (TPSA) is 47.3 Å². The zero-order valence-corrected chi connectivity index (χ0v) is 10.5. The minimum Gasteiger partial charge on any atom is -0.508 e. The lowest BCUT2D eigenvalue weighted by atomic mass is 10.2. The maximum atomic E-state index is 13.8. The second-order valence-corrected chi connectivity index (χ2v) is 4.26. The van der Waals surface area contributed by atoms with Crippen molar-refractivity contribution in [2.24, 2.45) is 0 Å². The lowest BCUT2D eigenvalue weighted by Crippen LogP contribution is -2.01. The first-order chi connectivity index (χ1) is 9.58. The Morgan fingerprint density at radius 2 is 1.85 bits per heavy atom. The van der Waals surface area contributed by atoms with Crippen molar-refractivity contribution >= 4 is 10.9 Å². The molecule has 0 atom stereocenters. The number of aromatic nitrogens is 2. The fourth-order valence-corrected chi connectivity index (χ4v) is 2.02. The van der Waals surface area contributed by atoms with E-state index in [1.54, 1.807) is 18.2 Å². The minimum atomic E-state index is -0.887. The summed E-state index contributed by atoms with van der Waals surface area (Å²) in [5, 5.41) is 13.9. The van der Waals surface area contributed by atoms with E-state index in [4.69, 9.17) is 9.84 Å². The van der Waals surface area contributed by atoms with Crippen LogP contribution in [0.15, 0.2) is 36.5 Å². The van der Waals surface area contributed by atoms with E-state index in [1.807, 2.05) is 0 Å². The Balaban J connectivity index is 2.20. The fourth-order valence-electron chi connectivity index (χ4n) is 2.02.